The zero-order valence-electron chi connectivity index (χ0n) is 18.6. The molecule has 0 saturated heterocycles. The highest BCUT2D eigenvalue weighted by Gasteiger charge is 2.31. The summed E-state index contributed by atoms with van der Waals surface area (Å²) in [6.07, 6.45) is 2.31. The van der Waals surface area contributed by atoms with Crippen LogP contribution in [0, 0.1) is 0 Å². The van der Waals surface area contributed by atoms with Crippen molar-refractivity contribution in [2.24, 2.45) is 0 Å². The van der Waals surface area contributed by atoms with Gasteiger partial charge in [-0.25, -0.2) is 0 Å². The average Bonchev–Trinajstić information content (AvgIpc) is 3.51. The van der Waals surface area contributed by atoms with Crippen molar-refractivity contribution in [2.45, 2.75) is 63.4 Å². The van der Waals surface area contributed by atoms with E-state index >= 15 is 0 Å². The van der Waals surface area contributed by atoms with Crippen molar-refractivity contribution in [3.63, 3.8) is 0 Å². The SMILES string of the molecule is CC(C)c1cccc(C(C)C)c1NC(=O)CSc1nnc(C2CC2)n1-c1ccccc1. The van der Waals surface area contributed by atoms with Crippen LogP contribution >= 0.6 is 11.8 Å². The lowest BCUT2D eigenvalue weighted by atomic mass is 9.92. The van der Waals surface area contributed by atoms with Gasteiger partial charge in [0.2, 0.25) is 5.91 Å². The molecule has 3 aromatic rings. The summed E-state index contributed by atoms with van der Waals surface area (Å²) >= 11 is 1.44. The molecular formula is C25H30N4OS. The van der Waals surface area contributed by atoms with E-state index in [1.807, 2.05) is 18.2 Å². The minimum absolute atomic E-state index is 0.0180. The molecule has 1 heterocycles. The Morgan fingerprint density at radius 3 is 2.23 bits per heavy atom. The molecule has 1 N–H and O–H groups in total. The van der Waals surface area contributed by atoms with E-state index < -0.39 is 0 Å². The maximum atomic E-state index is 12.9. The first-order valence-corrected chi connectivity index (χ1v) is 12.0. The fourth-order valence-corrected chi connectivity index (χ4v) is 4.56. The maximum Gasteiger partial charge on any atom is 0.234 e. The number of rotatable bonds is 8. The summed E-state index contributed by atoms with van der Waals surface area (Å²) in [5.74, 6) is 2.42. The van der Waals surface area contributed by atoms with Gasteiger partial charge in [-0.05, 0) is 47.9 Å². The quantitative estimate of drug-likeness (QED) is 0.434. The van der Waals surface area contributed by atoms with Crippen LogP contribution < -0.4 is 5.32 Å². The number of amides is 1. The van der Waals surface area contributed by atoms with Gasteiger partial charge in [0.05, 0.1) is 5.75 Å². The van der Waals surface area contributed by atoms with Crippen molar-refractivity contribution >= 4 is 23.4 Å². The van der Waals surface area contributed by atoms with Crippen LogP contribution in [-0.2, 0) is 4.79 Å². The highest BCUT2D eigenvalue weighted by atomic mass is 32.2. The van der Waals surface area contributed by atoms with E-state index in [1.54, 1.807) is 0 Å². The van der Waals surface area contributed by atoms with Gasteiger partial charge in [0.1, 0.15) is 5.82 Å². The van der Waals surface area contributed by atoms with Crippen LogP contribution in [0.1, 0.15) is 75.2 Å². The molecule has 0 spiro atoms. The Morgan fingerprint density at radius 2 is 1.65 bits per heavy atom. The van der Waals surface area contributed by atoms with Gasteiger partial charge < -0.3 is 5.32 Å². The Morgan fingerprint density at radius 1 is 1.00 bits per heavy atom. The van der Waals surface area contributed by atoms with E-state index in [0.717, 1.165) is 35.2 Å². The van der Waals surface area contributed by atoms with Crippen LogP contribution in [0.5, 0.6) is 0 Å². The molecular weight excluding hydrogens is 404 g/mol. The Hall–Kier alpha value is -2.60. The van der Waals surface area contributed by atoms with Gasteiger partial charge in [0, 0.05) is 17.3 Å². The van der Waals surface area contributed by atoms with Gasteiger partial charge >= 0.3 is 0 Å². The fourth-order valence-electron chi connectivity index (χ4n) is 3.80. The van der Waals surface area contributed by atoms with Crippen LogP contribution in [0.25, 0.3) is 5.69 Å². The van der Waals surface area contributed by atoms with Gasteiger partial charge in [-0.2, -0.15) is 0 Å². The third kappa shape index (κ3) is 4.85. The molecule has 0 radical (unpaired) electrons. The summed E-state index contributed by atoms with van der Waals surface area (Å²) in [6.45, 7) is 8.63. The second kappa shape index (κ2) is 9.27. The molecule has 1 aliphatic rings. The predicted molar refractivity (Wildman–Crippen MR) is 127 cm³/mol. The average molecular weight is 435 g/mol. The zero-order valence-corrected chi connectivity index (χ0v) is 19.4. The smallest absolute Gasteiger partial charge is 0.234 e. The minimum atomic E-state index is -0.0180. The van der Waals surface area contributed by atoms with E-state index in [0.29, 0.717) is 23.5 Å². The van der Waals surface area contributed by atoms with E-state index in [2.05, 4.69) is 78.1 Å². The number of hydrogen-bond donors (Lipinski definition) is 1. The van der Waals surface area contributed by atoms with E-state index in [1.165, 1.54) is 22.9 Å². The summed E-state index contributed by atoms with van der Waals surface area (Å²) in [4.78, 5) is 12.9. The number of hydrogen-bond acceptors (Lipinski definition) is 4. The Labute approximate surface area is 188 Å². The molecule has 1 aromatic heterocycles. The predicted octanol–water partition coefficient (Wildman–Crippen LogP) is 6.12. The molecule has 0 aliphatic heterocycles. The minimum Gasteiger partial charge on any atom is -0.325 e. The first-order valence-electron chi connectivity index (χ1n) is 11.0. The topological polar surface area (TPSA) is 59.8 Å². The normalized spacial score (nSPS) is 13.7. The molecule has 6 heteroatoms. The van der Waals surface area contributed by atoms with Gasteiger partial charge in [-0.15, -0.1) is 10.2 Å². The molecule has 1 fully saturated rings. The first kappa shape index (κ1) is 21.6. The molecule has 1 aliphatic carbocycles. The highest BCUT2D eigenvalue weighted by molar-refractivity contribution is 7.99. The molecule has 4 rings (SSSR count). The van der Waals surface area contributed by atoms with Gasteiger partial charge in [-0.1, -0.05) is 75.9 Å². The number of anilines is 1. The molecule has 1 amide bonds. The molecule has 1 saturated carbocycles. The molecule has 31 heavy (non-hydrogen) atoms. The molecule has 2 aromatic carbocycles. The Kier molecular flexibility index (Phi) is 6.46. The summed E-state index contributed by atoms with van der Waals surface area (Å²) in [7, 11) is 0. The number of carbonyl (C=O) groups is 1. The monoisotopic (exact) mass is 434 g/mol. The maximum absolute atomic E-state index is 12.9. The van der Waals surface area contributed by atoms with Crippen molar-refractivity contribution in [2.75, 3.05) is 11.1 Å². The Bertz CT molecular complexity index is 1030. The summed E-state index contributed by atoms with van der Waals surface area (Å²) in [5.41, 5.74) is 4.35. The Balaban J connectivity index is 1.53. The summed E-state index contributed by atoms with van der Waals surface area (Å²) in [6, 6.07) is 16.5. The van der Waals surface area contributed by atoms with Crippen LogP contribution in [0.4, 0.5) is 5.69 Å². The zero-order chi connectivity index (χ0) is 22.0. The number of nitrogens with zero attached hydrogens (tertiary/aromatic N) is 3. The van der Waals surface area contributed by atoms with Crippen LogP contribution in [0.2, 0.25) is 0 Å². The molecule has 0 bridgehead atoms. The first-order chi connectivity index (χ1) is 15.0. The van der Waals surface area contributed by atoms with Crippen molar-refractivity contribution in [3.05, 3.63) is 65.5 Å². The molecule has 0 atom stereocenters. The third-order valence-corrected chi connectivity index (χ3v) is 6.51. The van der Waals surface area contributed by atoms with Crippen molar-refractivity contribution in [1.82, 2.24) is 14.8 Å². The van der Waals surface area contributed by atoms with Crippen molar-refractivity contribution < 1.29 is 4.79 Å². The number of nitrogens with one attached hydrogen (secondary N) is 1. The number of aromatic nitrogens is 3. The van der Waals surface area contributed by atoms with E-state index in [-0.39, 0.29) is 5.91 Å². The lowest BCUT2D eigenvalue weighted by Gasteiger charge is -2.20. The van der Waals surface area contributed by atoms with Gasteiger partial charge in [0.15, 0.2) is 5.16 Å². The molecule has 162 valence electrons. The lowest BCUT2D eigenvalue weighted by Crippen LogP contribution is -2.18. The number of para-hydroxylation sites is 2. The van der Waals surface area contributed by atoms with Gasteiger partial charge in [-0.3, -0.25) is 9.36 Å². The third-order valence-electron chi connectivity index (χ3n) is 5.58. The van der Waals surface area contributed by atoms with E-state index in [9.17, 15) is 4.79 Å². The van der Waals surface area contributed by atoms with Crippen molar-refractivity contribution in [3.8, 4) is 5.69 Å². The van der Waals surface area contributed by atoms with Crippen molar-refractivity contribution in [1.29, 1.82) is 0 Å². The second-order valence-electron chi connectivity index (χ2n) is 8.74. The highest BCUT2D eigenvalue weighted by Crippen LogP contribution is 2.41. The second-order valence-corrected chi connectivity index (χ2v) is 9.69. The largest absolute Gasteiger partial charge is 0.325 e. The van der Waals surface area contributed by atoms with Gasteiger partial charge in [0.25, 0.3) is 0 Å². The standard InChI is InChI=1S/C25H30N4OS/c1-16(2)20-11-8-12-21(17(3)4)23(20)26-22(30)15-31-25-28-27-24(18-13-14-18)29(25)19-9-6-5-7-10-19/h5-12,16-18H,13-15H2,1-4H3,(H,26,30). The summed E-state index contributed by atoms with van der Waals surface area (Å²) in [5, 5.41) is 12.8. The lowest BCUT2D eigenvalue weighted by molar-refractivity contribution is -0.113. The fraction of sp³-hybridized carbons (Fsp3) is 0.400. The summed E-state index contributed by atoms with van der Waals surface area (Å²) < 4.78 is 2.11. The van der Waals surface area contributed by atoms with Crippen LogP contribution in [-0.4, -0.2) is 26.4 Å². The number of carbonyl (C=O) groups excluding carboxylic acids is 1. The molecule has 5 nitrogen and oxygen atoms in total. The number of thioether (sulfide) groups is 1. The van der Waals surface area contributed by atoms with E-state index in [4.69, 9.17) is 0 Å². The molecule has 0 unspecified atom stereocenters. The van der Waals surface area contributed by atoms with Crippen LogP contribution in [0.3, 0.4) is 0 Å². The number of benzene rings is 2. The van der Waals surface area contributed by atoms with Crippen LogP contribution in [0.15, 0.2) is 53.7 Å².